The lowest BCUT2D eigenvalue weighted by Gasteiger charge is -2.10. The van der Waals surface area contributed by atoms with E-state index in [4.69, 9.17) is 21.1 Å². The van der Waals surface area contributed by atoms with E-state index in [-0.39, 0.29) is 6.10 Å². The highest BCUT2D eigenvalue weighted by Gasteiger charge is 2.19. The molecule has 3 nitrogen and oxygen atoms in total. The molecule has 1 fully saturated rings. The van der Waals surface area contributed by atoms with Gasteiger partial charge in [-0.05, 0) is 31.0 Å². The van der Waals surface area contributed by atoms with E-state index in [9.17, 15) is 4.79 Å². The zero-order chi connectivity index (χ0) is 12.3. The molecule has 1 aliphatic rings. The molecule has 1 heterocycles. The molecule has 1 atom stereocenters. The molecule has 0 aliphatic carbocycles. The minimum absolute atomic E-state index is 0.0323. The largest absolute Gasteiger partial charge is 0.459 e. The molecule has 2 rings (SSSR count). The molecule has 1 aromatic rings. The lowest BCUT2D eigenvalue weighted by atomic mass is 10.2. The fraction of sp³-hybridized carbons (Fsp3) is 0.417. The Balaban J connectivity index is 1.96. The Bertz CT molecular complexity index is 416. The molecule has 0 radical (unpaired) electrons. The van der Waals surface area contributed by atoms with Crippen molar-refractivity contribution in [2.75, 3.05) is 13.2 Å². The van der Waals surface area contributed by atoms with E-state index in [0.29, 0.717) is 17.2 Å². The van der Waals surface area contributed by atoms with Gasteiger partial charge in [0.05, 0.1) is 16.7 Å². The van der Waals surface area contributed by atoms with Gasteiger partial charge in [-0.1, -0.05) is 27.5 Å². The molecule has 5 heteroatoms. The van der Waals surface area contributed by atoms with E-state index in [2.05, 4.69) is 15.9 Å². The lowest BCUT2D eigenvalue weighted by Crippen LogP contribution is -2.18. The van der Waals surface area contributed by atoms with Crippen molar-refractivity contribution >= 4 is 33.5 Å². The SMILES string of the molecule is O=C(OC[C@@H]1CCCO1)c1cc(Br)ccc1Cl. The minimum atomic E-state index is -0.410. The van der Waals surface area contributed by atoms with Crippen LogP contribution in [0.3, 0.4) is 0 Å². The molecule has 0 amide bonds. The van der Waals surface area contributed by atoms with Gasteiger partial charge in [-0.3, -0.25) is 0 Å². The first kappa shape index (κ1) is 12.9. The van der Waals surface area contributed by atoms with Crippen LogP contribution in [0.4, 0.5) is 0 Å². The topological polar surface area (TPSA) is 35.5 Å². The van der Waals surface area contributed by atoms with Crippen LogP contribution in [0.15, 0.2) is 22.7 Å². The zero-order valence-electron chi connectivity index (χ0n) is 9.12. The molecule has 0 N–H and O–H groups in total. The Morgan fingerprint density at radius 3 is 3.12 bits per heavy atom. The Kier molecular flexibility index (Phi) is 4.42. The van der Waals surface area contributed by atoms with Gasteiger partial charge in [0.2, 0.25) is 0 Å². The summed E-state index contributed by atoms with van der Waals surface area (Å²) in [4.78, 5) is 11.8. The standard InChI is InChI=1S/C12H12BrClO3/c13-8-3-4-11(14)10(6-8)12(15)17-7-9-2-1-5-16-9/h3-4,6,9H,1-2,5,7H2/t9-/m0/s1. The highest BCUT2D eigenvalue weighted by molar-refractivity contribution is 9.10. The average Bonchev–Trinajstić information content (AvgIpc) is 2.82. The van der Waals surface area contributed by atoms with E-state index >= 15 is 0 Å². The van der Waals surface area contributed by atoms with E-state index < -0.39 is 5.97 Å². The molecule has 1 saturated heterocycles. The summed E-state index contributed by atoms with van der Waals surface area (Å²) in [6.45, 7) is 1.04. The number of rotatable bonds is 3. The van der Waals surface area contributed by atoms with Crippen LogP contribution in [0.2, 0.25) is 5.02 Å². The number of ether oxygens (including phenoxy) is 2. The van der Waals surface area contributed by atoms with Gasteiger partial charge in [0.25, 0.3) is 0 Å². The number of hydrogen-bond acceptors (Lipinski definition) is 3. The highest BCUT2D eigenvalue weighted by atomic mass is 79.9. The molecule has 1 aromatic carbocycles. The Morgan fingerprint density at radius 2 is 2.41 bits per heavy atom. The van der Waals surface area contributed by atoms with Crippen LogP contribution in [0.25, 0.3) is 0 Å². The van der Waals surface area contributed by atoms with Gasteiger partial charge >= 0.3 is 5.97 Å². The monoisotopic (exact) mass is 318 g/mol. The van der Waals surface area contributed by atoms with Gasteiger partial charge in [-0.25, -0.2) is 4.79 Å². The summed E-state index contributed by atoms with van der Waals surface area (Å²) in [5.41, 5.74) is 0.374. The fourth-order valence-electron chi connectivity index (χ4n) is 1.68. The zero-order valence-corrected chi connectivity index (χ0v) is 11.5. The van der Waals surface area contributed by atoms with Gasteiger partial charge in [-0.15, -0.1) is 0 Å². The van der Waals surface area contributed by atoms with E-state index in [1.165, 1.54) is 0 Å². The Labute approximate surface area is 113 Å². The molecule has 0 unspecified atom stereocenters. The molecule has 0 bridgehead atoms. The van der Waals surface area contributed by atoms with Crippen molar-refractivity contribution in [3.63, 3.8) is 0 Å². The van der Waals surface area contributed by atoms with Crippen molar-refractivity contribution in [3.8, 4) is 0 Å². The van der Waals surface area contributed by atoms with Crippen molar-refractivity contribution in [2.45, 2.75) is 18.9 Å². The number of carbonyl (C=O) groups excluding carboxylic acids is 1. The maximum Gasteiger partial charge on any atom is 0.339 e. The van der Waals surface area contributed by atoms with E-state index in [1.54, 1.807) is 18.2 Å². The van der Waals surface area contributed by atoms with Crippen LogP contribution in [0.5, 0.6) is 0 Å². The van der Waals surface area contributed by atoms with Crippen LogP contribution in [0, 0.1) is 0 Å². The van der Waals surface area contributed by atoms with Crippen LogP contribution in [0.1, 0.15) is 23.2 Å². The predicted molar refractivity (Wildman–Crippen MR) is 68.4 cm³/mol. The van der Waals surface area contributed by atoms with Gasteiger partial charge < -0.3 is 9.47 Å². The maximum atomic E-state index is 11.8. The third-order valence-corrected chi connectivity index (χ3v) is 3.40. The molecule has 92 valence electrons. The Morgan fingerprint density at radius 1 is 1.59 bits per heavy atom. The summed E-state index contributed by atoms with van der Waals surface area (Å²) in [6.07, 6.45) is 2.00. The fourth-order valence-corrected chi connectivity index (χ4v) is 2.23. The van der Waals surface area contributed by atoms with E-state index in [0.717, 1.165) is 23.9 Å². The number of esters is 1. The van der Waals surface area contributed by atoms with Crippen LogP contribution < -0.4 is 0 Å². The first-order valence-corrected chi connectivity index (χ1v) is 6.57. The third-order valence-electron chi connectivity index (χ3n) is 2.57. The second-order valence-corrected chi connectivity index (χ2v) is 5.18. The van der Waals surface area contributed by atoms with Crippen LogP contribution in [-0.2, 0) is 9.47 Å². The van der Waals surface area contributed by atoms with Gasteiger partial charge in [-0.2, -0.15) is 0 Å². The molecule has 17 heavy (non-hydrogen) atoms. The summed E-state index contributed by atoms with van der Waals surface area (Å²) in [6, 6.07) is 5.09. The summed E-state index contributed by atoms with van der Waals surface area (Å²) >= 11 is 9.22. The molecule has 0 spiro atoms. The van der Waals surface area contributed by atoms with Gasteiger partial charge in [0, 0.05) is 11.1 Å². The van der Waals surface area contributed by atoms with Crippen molar-refractivity contribution in [1.29, 1.82) is 0 Å². The predicted octanol–water partition coefficient (Wildman–Crippen LogP) is 3.44. The number of hydrogen-bond donors (Lipinski definition) is 0. The Hall–Kier alpha value is -0.580. The smallest absolute Gasteiger partial charge is 0.339 e. The molecule has 1 aliphatic heterocycles. The summed E-state index contributed by atoms with van der Waals surface area (Å²) in [5.74, 6) is -0.410. The van der Waals surface area contributed by atoms with Crippen molar-refractivity contribution in [2.24, 2.45) is 0 Å². The van der Waals surface area contributed by atoms with Gasteiger partial charge in [0.15, 0.2) is 0 Å². The highest BCUT2D eigenvalue weighted by Crippen LogP contribution is 2.22. The number of carbonyl (C=O) groups is 1. The summed E-state index contributed by atoms with van der Waals surface area (Å²) in [7, 11) is 0. The maximum absolute atomic E-state index is 11.8. The van der Waals surface area contributed by atoms with Crippen molar-refractivity contribution in [3.05, 3.63) is 33.3 Å². The number of benzene rings is 1. The summed E-state index contributed by atoms with van der Waals surface area (Å²) in [5, 5.41) is 0.394. The second kappa shape index (κ2) is 5.85. The lowest BCUT2D eigenvalue weighted by molar-refractivity contribution is 0.0161. The molecule has 0 saturated carbocycles. The number of halogens is 2. The molecule has 0 aromatic heterocycles. The van der Waals surface area contributed by atoms with Crippen molar-refractivity contribution in [1.82, 2.24) is 0 Å². The van der Waals surface area contributed by atoms with Crippen molar-refractivity contribution < 1.29 is 14.3 Å². The average molecular weight is 320 g/mol. The van der Waals surface area contributed by atoms with Gasteiger partial charge in [0.1, 0.15) is 6.61 Å². The summed E-state index contributed by atoms with van der Waals surface area (Å²) < 4.78 is 11.3. The molecular weight excluding hydrogens is 307 g/mol. The first-order valence-electron chi connectivity index (χ1n) is 5.40. The minimum Gasteiger partial charge on any atom is -0.459 e. The normalized spacial score (nSPS) is 19.3. The first-order chi connectivity index (χ1) is 8.16. The molecular formula is C12H12BrClO3. The third kappa shape index (κ3) is 3.44. The van der Waals surface area contributed by atoms with Crippen LogP contribution >= 0.6 is 27.5 Å². The van der Waals surface area contributed by atoms with E-state index in [1.807, 2.05) is 0 Å². The second-order valence-electron chi connectivity index (χ2n) is 3.86. The van der Waals surface area contributed by atoms with Crippen LogP contribution in [-0.4, -0.2) is 25.3 Å². The quantitative estimate of drug-likeness (QED) is 0.801.